The van der Waals surface area contributed by atoms with Gasteiger partial charge in [0.1, 0.15) is 11.5 Å². The number of aryl methyl sites for hydroxylation is 1. The Hall–Kier alpha value is -2.08. The van der Waals surface area contributed by atoms with Gasteiger partial charge in [-0.05, 0) is 43.9 Å². The van der Waals surface area contributed by atoms with E-state index in [1.54, 1.807) is 13.1 Å². The highest BCUT2D eigenvalue weighted by molar-refractivity contribution is 5.74. The first-order valence-electron chi connectivity index (χ1n) is 9.14. The van der Waals surface area contributed by atoms with Gasteiger partial charge in [0.25, 0.3) is 0 Å². The van der Waals surface area contributed by atoms with Crippen molar-refractivity contribution >= 4 is 5.91 Å². The van der Waals surface area contributed by atoms with Crippen LogP contribution in [0.2, 0.25) is 0 Å². The molecule has 0 spiro atoms. The molecule has 6 heteroatoms. The van der Waals surface area contributed by atoms with Crippen molar-refractivity contribution in [2.45, 2.75) is 51.9 Å². The summed E-state index contributed by atoms with van der Waals surface area (Å²) in [6, 6.07) is 6.65. The van der Waals surface area contributed by atoms with Crippen LogP contribution in [0, 0.1) is 12.8 Å². The molecule has 1 amide bonds. The minimum atomic E-state index is 0.194. The molecular formula is C19H26N4O2. The average molecular weight is 342 g/mol. The van der Waals surface area contributed by atoms with Crippen molar-refractivity contribution in [3.05, 3.63) is 42.1 Å². The van der Waals surface area contributed by atoms with Crippen LogP contribution in [0.25, 0.3) is 0 Å². The van der Waals surface area contributed by atoms with Gasteiger partial charge in [-0.2, -0.15) is 5.10 Å². The number of carbonyl (C=O) groups excluding carboxylic acids is 1. The second kappa shape index (κ2) is 6.67. The molecule has 2 aromatic rings. The Bertz CT molecular complexity index is 724. The van der Waals surface area contributed by atoms with E-state index in [0.717, 1.165) is 50.5 Å². The number of amides is 1. The van der Waals surface area contributed by atoms with Crippen LogP contribution in [-0.2, 0) is 17.9 Å². The molecule has 2 fully saturated rings. The van der Waals surface area contributed by atoms with E-state index in [1.807, 2.05) is 29.9 Å². The normalized spacial score (nSPS) is 26.8. The maximum absolute atomic E-state index is 12.3. The average Bonchev–Trinajstić information content (AvgIpc) is 3.27. The van der Waals surface area contributed by atoms with Crippen LogP contribution in [0.1, 0.15) is 31.3 Å². The van der Waals surface area contributed by atoms with Gasteiger partial charge in [0.15, 0.2) is 0 Å². The van der Waals surface area contributed by atoms with E-state index < -0.39 is 0 Å². The number of carbonyl (C=O) groups is 1. The van der Waals surface area contributed by atoms with Crippen molar-refractivity contribution in [3.63, 3.8) is 0 Å². The van der Waals surface area contributed by atoms with Gasteiger partial charge in [0, 0.05) is 38.4 Å². The highest BCUT2D eigenvalue weighted by atomic mass is 16.3. The summed E-state index contributed by atoms with van der Waals surface area (Å²) in [5.74, 6) is 2.73. The summed E-state index contributed by atoms with van der Waals surface area (Å²) in [6.45, 7) is 7.38. The summed E-state index contributed by atoms with van der Waals surface area (Å²) >= 11 is 0. The van der Waals surface area contributed by atoms with E-state index in [1.165, 1.54) is 0 Å². The lowest BCUT2D eigenvalue weighted by atomic mass is 9.92. The fourth-order valence-electron chi connectivity index (χ4n) is 4.64. The predicted molar refractivity (Wildman–Crippen MR) is 93.8 cm³/mol. The fourth-order valence-corrected chi connectivity index (χ4v) is 4.64. The van der Waals surface area contributed by atoms with E-state index in [2.05, 4.69) is 21.0 Å². The van der Waals surface area contributed by atoms with Crippen LogP contribution in [-0.4, -0.2) is 50.7 Å². The zero-order valence-corrected chi connectivity index (χ0v) is 15.0. The van der Waals surface area contributed by atoms with Gasteiger partial charge in [0.2, 0.25) is 5.91 Å². The molecule has 2 aromatic heterocycles. The van der Waals surface area contributed by atoms with Gasteiger partial charge in [-0.3, -0.25) is 14.4 Å². The summed E-state index contributed by atoms with van der Waals surface area (Å²) in [7, 11) is 0. The van der Waals surface area contributed by atoms with E-state index >= 15 is 0 Å². The topological polar surface area (TPSA) is 54.5 Å². The highest BCUT2D eigenvalue weighted by Crippen LogP contribution is 2.36. The number of hydrogen-bond donors (Lipinski definition) is 0. The van der Waals surface area contributed by atoms with Crippen molar-refractivity contribution < 1.29 is 9.21 Å². The number of likely N-dealkylation sites (tertiary alicyclic amines) is 2. The summed E-state index contributed by atoms with van der Waals surface area (Å²) < 4.78 is 7.68. The second-order valence-corrected chi connectivity index (χ2v) is 7.41. The molecule has 1 unspecified atom stereocenters. The third-order valence-corrected chi connectivity index (χ3v) is 5.60. The lowest BCUT2D eigenvalue weighted by Gasteiger charge is -2.38. The van der Waals surface area contributed by atoms with Gasteiger partial charge < -0.3 is 9.32 Å². The Balaban J connectivity index is 1.44. The van der Waals surface area contributed by atoms with Crippen LogP contribution in [0.3, 0.4) is 0 Å². The standard InChI is InChI=1S/C19H26N4O2/c1-14-4-5-18(25-14)13-21-9-6-19-16(11-21)10-17(23(19)15(2)24)12-22-8-3-7-20-22/h3-5,7-8,16-17,19H,6,9-13H2,1-2H3/t16-,17?,19+/m1/s1. The van der Waals surface area contributed by atoms with Crippen LogP contribution >= 0.6 is 0 Å². The molecule has 0 aliphatic carbocycles. The predicted octanol–water partition coefficient (Wildman–Crippen LogP) is 2.30. The Morgan fingerprint density at radius 1 is 1.40 bits per heavy atom. The second-order valence-electron chi connectivity index (χ2n) is 7.41. The molecule has 0 bridgehead atoms. The smallest absolute Gasteiger partial charge is 0.220 e. The molecule has 0 saturated carbocycles. The summed E-state index contributed by atoms with van der Waals surface area (Å²) in [5.41, 5.74) is 0. The monoisotopic (exact) mass is 342 g/mol. The molecule has 0 aromatic carbocycles. The van der Waals surface area contributed by atoms with Gasteiger partial charge in [0.05, 0.1) is 19.1 Å². The van der Waals surface area contributed by atoms with Crippen molar-refractivity contribution in [1.82, 2.24) is 19.6 Å². The van der Waals surface area contributed by atoms with Crippen LogP contribution in [0.4, 0.5) is 0 Å². The van der Waals surface area contributed by atoms with Crippen molar-refractivity contribution in [2.24, 2.45) is 5.92 Å². The number of furan rings is 1. The van der Waals surface area contributed by atoms with Crippen molar-refractivity contribution in [1.29, 1.82) is 0 Å². The largest absolute Gasteiger partial charge is 0.465 e. The minimum Gasteiger partial charge on any atom is -0.465 e. The zero-order valence-electron chi connectivity index (χ0n) is 15.0. The number of aromatic nitrogens is 2. The Labute approximate surface area is 148 Å². The fraction of sp³-hybridized carbons (Fsp3) is 0.579. The third-order valence-electron chi connectivity index (χ3n) is 5.60. The number of fused-ring (bicyclic) bond motifs is 1. The number of piperidine rings is 1. The lowest BCUT2D eigenvalue weighted by molar-refractivity contribution is -0.133. The summed E-state index contributed by atoms with van der Waals surface area (Å²) in [5, 5.41) is 4.32. The Morgan fingerprint density at radius 2 is 2.28 bits per heavy atom. The van der Waals surface area contributed by atoms with E-state index in [-0.39, 0.29) is 11.9 Å². The third kappa shape index (κ3) is 3.35. The molecule has 2 aliphatic rings. The minimum absolute atomic E-state index is 0.194. The number of nitrogens with zero attached hydrogens (tertiary/aromatic N) is 4. The quantitative estimate of drug-likeness (QED) is 0.855. The van der Waals surface area contributed by atoms with Gasteiger partial charge in [-0.15, -0.1) is 0 Å². The van der Waals surface area contributed by atoms with E-state index in [0.29, 0.717) is 12.0 Å². The Kier molecular flexibility index (Phi) is 4.37. The summed E-state index contributed by atoms with van der Waals surface area (Å²) in [6.07, 6.45) is 5.87. The highest BCUT2D eigenvalue weighted by Gasteiger charge is 2.45. The van der Waals surface area contributed by atoms with Gasteiger partial charge in [-0.1, -0.05) is 0 Å². The maximum Gasteiger partial charge on any atom is 0.220 e. The first-order chi connectivity index (χ1) is 12.1. The molecule has 0 N–H and O–H groups in total. The zero-order chi connectivity index (χ0) is 17.4. The van der Waals surface area contributed by atoms with E-state index in [9.17, 15) is 4.79 Å². The van der Waals surface area contributed by atoms with Gasteiger partial charge in [-0.25, -0.2) is 0 Å². The van der Waals surface area contributed by atoms with Crippen molar-refractivity contribution in [2.75, 3.05) is 13.1 Å². The Morgan fingerprint density at radius 3 is 2.96 bits per heavy atom. The first kappa shape index (κ1) is 16.4. The van der Waals surface area contributed by atoms with Crippen LogP contribution in [0.15, 0.2) is 35.0 Å². The van der Waals surface area contributed by atoms with E-state index in [4.69, 9.17) is 4.42 Å². The number of hydrogen-bond acceptors (Lipinski definition) is 4. The maximum atomic E-state index is 12.3. The molecular weight excluding hydrogens is 316 g/mol. The molecule has 4 rings (SSSR count). The number of rotatable bonds is 4. The molecule has 2 saturated heterocycles. The first-order valence-corrected chi connectivity index (χ1v) is 9.14. The molecule has 3 atom stereocenters. The molecule has 134 valence electrons. The molecule has 0 radical (unpaired) electrons. The summed E-state index contributed by atoms with van der Waals surface area (Å²) in [4.78, 5) is 16.9. The SMILES string of the molecule is CC(=O)N1C(Cn2cccn2)C[C@@H]2CN(Cc3ccc(C)o3)CC[C@@H]21. The van der Waals surface area contributed by atoms with Crippen LogP contribution in [0.5, 0.6) is 0 Å². The lowest BCUT2D eigenvalue weighted by Crippen LogP contribution is -2.48. The molecule has 4 heterocycles. The van der Waals surface area contributed by atoms with Crippen molar-refractivity contribution in [3.8, 4) is 0 Å². The molecule has 25 heavy (non-hydrogen) atoms. The van der Waals surface area contributed by atoms with Gasteiger partial charge >= 0.3 is 0 Å². The molecule has 6 nitrogen and oxygen atoms in total. The van der Waals surface area contributed by atoms with Crippen LogP contribution < -0.4 is 0 Å². The molecule has 2 aliphatic heterocycles.